The van der Waals surface area contributed by atoms with Crippen LogP contribution in [0.4, 0.5) is 0 Å². The maximum absolute atomic E-state index is 11.8. The molecule has 0 aromatic rings. The molecule has 2 fully saturated rings. The lowest BCUT2D eigenvalue weighted by molar-refractivity contribution is -0.145. The van der Waals surface area contributed by atoms with E-state index in [1.165, 1.54) is 26.6 Å². The SMILES string of the molecule is CCN1CCC(CNC(=NC)N2CC(C)C(C(=O)OC)C2)C1. The first-order valence-corrected chi connectivity index (χ1v) is 8.34. The number of hydrogen-bond donors (Lipinski definition) is 1. The number of methoxy groups -OCH3 is 1. The van der Waals surface area contributed by atoms with E-state index in [0.717, 1.165) is 25.6 Å². The third kappa shape index (κ3) is 3.91. The molecule has 0 bridgehead atoms. The van der Waals surface area contributed by atoms with Gasteiger partial charge in [0.25, 0.3) is 0 Å². The maximum atomic E-state index is 11.8. The number of likely N-dealkylation sites (tertiary alicyclic amines) is 2. The third-order valence-corrected chi connectivity index (χ3v) is 4.99. The normalized spacial score (nSPS) is 29.9. The van der Waals surface area contributed by atoms with Crippen molar-refractivity contribution >= 4 is 11.9 Å². The van der Waals surface area contributed by atoms with Gasteiger partial charge in [0.1, 0.15) is 0 Å². The molecule has 1 N–H and O–H groups in total. The molecule has 0 spiro atoms. The molecule has 0 aromatic heterocycles. The summed E-state index contributed by atoms with van der Waals surface area (Å²) in [7, 11) is 3.27. The molecule has 0 saturated carbocycles. The zero-order valence-corrected chi connectivity index (χ0v) is 14.3. The van der Waals surface area contributed by atoms with Crippen molar-refractivity contribution in [1.82, 2.24) is 15.1 Å². The smallest absolute Gasteiger partial charge is 0.310 e. The number of nitrogens with zero attached hydrogens (tertiary/aromatic N) is 3. The van der Waals surface area contributed by atoms with E-state index in [1.807, 2.05) is 7.05 Å². The van der Waals surface area contributed by atoms with E-state index in [4.69, 9.17) is 4.74 Å². The van der Waals surface area contributed by atoms with Gasteiger partial charge in [0.05, 0.1) is 13.0 Å². The Labute approximate surface area is 133 Å². The molecule has 2 rings (SSSR count). The minimum atomic E-state index is -0.111. The minimum absolute atomic E-state index is 0.0504. The van der Waals surface area contributed by atoms with Gasteiger partial charge in [0.2, 0.25) is 0 Å². The first-order chi connectivity index (χ1) is 10.6. The molecule has 2 heterocycles. The molecule has 0 aromatic carbocycles. The third-order valence-electron chi connectivity index (χ3n) is 4.99. The molecule has 0 aliphatic carbocycles. The number of ether oxygens (including phenoxy) is 1. The summed E-state index contributed by atoms with van der Waals surface area (Å²) in [6, 6.07) is 0. The minimum Gasteiger partial charge on any atom is -0.469 e. The van der Waals surface area contributed by atoms with Crippen molar-refractivity contribution in [3.8, 4) is 0 Å². The first kappa shape index (κ1) is 17.1. The number of esters is 1. The zero-order chi connectivity index (χ0) is 16.1. The van der Waals surface area contributed by atoms with Crippen molar-refractivity contribution in [1.29, 1.82) is 0 Å². The quantitative estimate of drug-likeness (QED) is 0.469. The Hall–Kier alpha value is -1.30. The van der Waals surface area contributed by atoms with Crippen LogP contribution in [0.25, 0.3) is 0 Å². The van der Waals surface area contributed by atoms with E-state index < -0.39 is 0 Å². The predicted octanol–water partition coefficient (Wildman–Crippen LogP) is 0.645. The Kier molecular flexibility index (Phi) is 6.06. The topological polar surface area (TPSA) is 57.2 Å². The van der Waals surface area contributed by atoms with Gasteiger partial charge in [-0.3, -0.25) is 9.79 Å². The second kappa shape index (κ2) is 7.81. The van der Waals surface area contributed by atoms with Crippen LogP contribution in [0, 0.1) is 17.8 Å². The van der Waals surface area contributed by atoms with E-state index in [-0.39, 0.29) is 11.9 Å². The monoisotopic (exact) mass is 310 g/mol. The second-order valence-electron chi connectivity index (χ2n) is 6.49. The van der Waals surface area contributed by atoms with Crippen LogP contribution in [-0.4, -0.2) is 75.2 Å². The summed E-state index contributed by atoms with van der Waals surface area (Å²) in [5.41, 5.74) is 0. The summed E-state index contributed by atoms with van der Waals surface area (Å²) in [6.07, 6.45) is 1.25. The van der Waals surface area contributed by atoms with Crippen LogP contribution in [0.2, 0.25) is 0 Å². The lowest BCUT2D eigenvalue weighted by Crippen LogP contribution is -2.42. The van der Waals surface area contributed by atoms with E-state index in [1.54, 1.807) is 0 Å². The Morgan fingerprint density at radius 1 is 1.36 bits per heavy atom. The fourth-order valence-corrected chi connectivity index (χ4v) is 3.53. The molecule has 0 amide bonds. The van der Waals surface area contributed by atoms with Crippen LogP contribution in [0.1, 0.15) is 20.3 Å². The zero-order valence-electron chi connectivity index (χ0n) is 14.3. The van der Waals surface area contributed by atoms with Crippen molar-refractivity contribution in [2.75, 3.05) is 53.4 Å². The highest BCUT2D eigenvalue weighted by Gasteiger charge is 2.37. The molecule has 3 atom stereocenters. The maximum Gasteiger partial charge on any atom is 0.310 e. The molecule has 22 heavy (non-hydrogen) atoms. The molecule has 2 aliphatic heterocycles. The van der Waals surface area contributed by atoms with Gasteiger partial charge in [-0.15, -0.1) is 0 Å². The van der Waals surface area contributed by atoms with Crippen molar-refractivity contribution in [3.63, 3.8) is 0 Å². The molecule has 2 aliphatic rings. The molecular formula is C16H30N4O2. The lowest BCUT2D eigenvalue weighted by atomic mass is 9.99. The van der Waals surface area contributed by atoms with E-state index in [2.05, 4.69) is 34.0 Å². The lowest BCUT2D eigenvalue weighted by Gasteiger charge is -2.23. The number of nitrogens with one attached hydrogen (secondary N) is 1. The Morgan fingerprint density at radius 3 is 2.73 bits per heavy atom. The molecular weight excluding hydrogens is 280 g/mol. The van der Waals surface area contributed by atoms with Crippen LogP contribution in [-0.2, 0) is 9.53 Å². The van der Waals surface area contributed by atoms with Gasteiger partial charge in [-0.05, 0) is 31.3 Å². The first-order valence-electron chi connectivity index (χ1n) is 8.34. The van der Waals surface area contributed by atoms with Gasteiger partial charge >= 0.3 is 5.97 Å². The average molecular weight is 310 g/mol. The van der Waals surface area contributed by atoms with Crippen LogP contribution >= 0.6 is 0 Å². The highest BCUT2D eigenvalue weighted by Crippen LogP contribution is 2.24. The van der Waals surface area contributed by atoms with Crippen molar-refractivity contribution in [2.45, 2.75) is 20.3 Å². The Bertz CT molecular complexity index is 413. The number of rotatable bonds is 4. The highest BCUT2D eigenvalue weighted by molar-refractivity contribution is 5.82. The Balaban J connectivity index is 1.84. The van der Waals surface area contributed by atoms with Crippen LogP contribution in [0.15, 0.2) is 4.99 Å². The summed E-state index contributed by atoms with van der Waals surface area (Å²) in [5.74, 6) is 1.74. The van der Waals surface area contributed by atoms with Crippen LogP contribution in [0.3, 0.4) is 0 Å². The number of carbonyl (C=O) groups excluding carboxylic acids is 1. The Morgan fingerprint density at radius 2 is 2.14 bits per heavy atom. The number of carbonyl (C=O) groups is 1. The predicted molar refractivity (Wildman–Crippen MR) is 87.8 cm³/mol. The highest BCUT2D eigenvalue weighted by atomic mass is 16.5. The van der Waals surface area contributed by atoms with E-state index >= 15 is 0 Å². The summed E-state index contributed by atoms with van der Waals surface area (Å²) in [4.78, 5) is 20.9. The molecule has 6 heteroatoms. The summed E-state index contributed by atoms with van der Waals surface area (Å²) < 4.78 is 4.90. The van der Waals surface area contributed by atoms with Crippen molar-refractivity contribution in [3.05, 3.63) is 0 Å². The molecule has 126 valence electrons. The van der Waals surface area contributed by atoms with Gasteiger partial charge in [0.15, 0.2) is 5.96 Å². The van der Waals surface area contributed by atoms with Gasteiger partial charge < -0.3 is 19.9 Å². The largest absolute Gasteiger partial charge is 0.469 e. The van der Waals surface area contributed by atoms with Crippen molar-refractivity contribution in [2.24, 2.45) is 22.7 Å². The summed E-state index contributed by atoms with van der Waals surface area (Å²) >= 11 is 0. The standard InChI is InChI=1S/C16H30N4O2/c1-5-19-7-6-13(10-19)8-18-16(17-3)20-9-12(2)14(11-20)15(21)22-4/h12-14H,5-11H2,1-4H3,(H,17,18). The number of guanidine groups is 1. The molecule has 2 saturated heterocycles. The van der Waals surface area contributed by atoms with Crippen molar-refractivity contribution < 1.29 is 9.53 Å². The van der Waals surface area contributed by atoms with Gasteiger partial charge in [-0.1, -0.05) is 13.8 Å². The summed E-state index contributed by atoms with van der Waals surface area (Å²) in [6.45, 7) is 10.3. The van der Waals surface area contributed by atoms with Crippen LogP contribution < -0.4 is 5.32 Å². The fourth-order valence-electron chi connectivity index (χ4n) is 3.53. The second-order valence-corrected chi connectivity index (χ2v) is 6.49. The number of hydrogen-bond acceptors (Lipinski definition) is 4. The van der Waals surface area contributed by atoms with Crippen LogP contribution in [0.5, 0.6) is 0 Å². The average Bonchev–Trinajstić information content (AvgIpc) is 3.14. The number of aliphatic imine (C=N–C) groups is 1. The van der Waals surface area contributed by atoms with Gasteiger partial charge in [-0.25, -0.2) is 0 Å². The fraction of sp³-hybridized carbons (Fsp3) is 0.875. The molecule has 3 unspecified atom stereocenters. The van der Waals surface area contributed by atoms with E-state index in [0.29, 0.717) is 18.4 Å². The summed E-state index contributed by atoms with van der Waals surface area (Å²) in [5, 5.41) is 3.49. The van der Waals surface area contributed by atoms with Gasteiger partial charge in [0, 0.05) is 33.2 Å². The molecule has 0 radical (unpaired) electrons. The van der Waals surface area contributed by atoms with Gasteiger partial charge in [-0.2, -0.15) is 0 Å². The molecule has 6 nitrogen and oxygen atoms in total. The van der Waals surface area contributed by atoms with E-state index in [9.17, 15) is 4.79 Å².